The third-order valence-corrected chi connectivity index (χ3v) is 3.75. The van der Waals surface area contributed by atoms with E-state index in [9.17, 15) is 8.78 Å². The summed E-state index contributed by atoms with van der Waals surface area (Å²) in [6.45, 7) is 0. The first-order valence-electron chi connectivity index (χ1n) is 6.30. The lowest BCUT2D eigenvalue weighted by molar-refractivity contribution is 0.511. The van der Waals surface area contributed by atoms with Gasteiger partial charge in [0.2, 0.25) is 0 Å². The van der Waals surface area contributed by atoms with Crippen LogP contribution in [0, 0.1) is 11.6 Å². The van der Waals surface area contributed by atoms with E-state index in [0.717, 1.165) is 11.6 Å². The zero-order valence-electron chi connectivity index (χ0n) is 10.00. The molecular formula is C15H13BF2. The normalized spacial score (nSPS) is 18.0. The van der Waals surface area contributed by atoms with Gasteiger partial charge in [-0.3, -0.25) is 0 Å². The number of benzene rings is 2. The van der Waals surface area contributed by atoms with Crippen molar-refractivity contribution >= 4 is 7.28 Å². The van der Waals surface area contributed by atoms with E-state index in [-0.39, 0.29) is 0 Å². The van der Waals surface area contributed by atoms with Gasteiger partial charge in [0.05, 0.1) is 0 Å². The minimum Gasteiger partial charge on any atom is -0.204 e. The van der Waals surface area contributed by atoms with E-state index in [1.165, 1.54) is 31.7 Å². The molecule has 0 N–H and O–H groups in total. The Morgan fingerprint density at radius 2 is 1.72 bits per heavy atom. The van der Waals surface area contributed by atoms with Crippen LogP contribution in [-0.4, -0.2) is 7.28 Å². The van der Waals surface area contributed by atoms with Crippen molar-refractivity contribution in [1.29, 1.82) is 0 Å². The summed E-state index contributed by atoms with van der Waals surface area (Å²) in [7, 11) is 1.24. The Hall–Kier alpha value is -1.64. The second-order valence-corrected chi connectivity index (χ2v) is 4.85. The largest absolute Gasteiger partial charge is 0.204 e. The standard InChI is InChI=1S/C15H13BF2/c17-14-3-1-2-12(15(14)18)10-4-6-11(7-5-10)13-8-9-16-13/h1-7,13,16H,8-9H2. The molecule has 90 valence electrons. The molecule has 1 fully saturated rings. The van der Waals surface area contributed by atoms with Gasteiger partial charge in [-0.05, 0) is 17.4 Å². The van der Waals surface area contributed by atoms with Gasteiger partial charge in [0.25, 0.3) is 0 Å². The van der Waals surface area contributed by atoms with Crippen LogP contribution in [0.5, 0.6) is 0 Å². The highest BCUT2D eigenvalue weighted by molar-refractivity contribution is 6.41. The lowest BCUT2D eigenvalue weighted by atomic mass is 9.46. The van der Waals surface area contributed by atoms with Crippen LogP contribution in [0.4, 0.5) is 8.78 Å². The summed E-state index contributed by atoms with van der Waals surface area (Å²) in [4.78, 5) is 0. The van der Waals surface area contributed by atoms with Gasteiger partial charge in [-0.2, -0.15) is 0 Å². The van der Waals surface area contributed by atoms with Gasteiger partial charge in [-0.15, -0.1) is 0 Å². The Morgan fingerprint density at radius 1 is 1.00 bits per heavy atom. The summed E-state index contributed by atoms with van der Waals surface area (Å²) >= 11 is 0. The summed E-state index contributed by atoms with van der Waals surface area (Å²) < 4.78 is 26.8. The summed E-state index contributed by atoms with van der Waals surface area (Å²) in [6, 6.07) is 12.1. The van der Waals surface area contributed by atoms with Crippen molar-refractivity contribution in [3.8, 4) is 11.1 Å². The van der Waals surface area contributed by atoms with Crippen LogP contribution in [0.3, 0.4) is 0 Å². The number of hydrogen-bond acceptors (Lipinski definition) is 0. The van der Waals surface area contributed by atoms with Gasteiger partial charge >= 0.3 is 0 Å². The Kier molecular flexibility index (Phi) is 2.90. The molecule has 1 unspecified atom stereocenters. The molecule has 1 heterocycles. The Morgan fingerprint density at radius 3 is 2.33 bits per heavy atom. The molecule has 0 bridgehead atoms. The number of hydrogen-bond donors (Lipinski definition) is 0. The van der Waals surface area contributed by atoms with Crippen molar-refractivity contribution in [3.63, 3.8) is 0 Å². The van der Waals surface area contributed by atoms with E-state index in [1.807, 2.05) is 24.3 Å². The highest BCUT2D eigenvalue weighted by atomic mass is 19.2. The molecule has 1 aliphatic heterocycles. The molecule has 1 atom stereocenters. The molecule has 0 saturated carbocycles. The van der Waals surface area contributed by atoms with Crippen LogP contribution in [-0.2, 0) is 0 Å². The van der Waals surface area contributed by atoms with Crippen molar-refractivity contribution in [1.82, 2.24) is 0 Å². The fourth-order valence-corrected chi connectivity index (χ4v) is 2.40. The van der Waals surface area contributed by atoms with Crippen molar-refractivity contribution in [2.75, 3.05) is 0 Å². The Labute approximate surface area is 106 Å². The molecule has 0 nitrogen and oxygen atoms in total. The summed E-state index contributed by atoms with van der Waals surface area (Å²) in [5.74, 6) is -0.902. The van der Waals surface area contributed by atoms with E-state index >= 15 is 0 Å². The van der Waals surface area contributed by atoms with Crippen LogP contribution >= 0.6 is 0 Å². The maximum Gasteiger partial charge on any atom is 0.166 e. The molecule has 0 aliphatic carbocycles. The Bertz CT molecular complexity index is 559. The zero-order valence-corrected chi connectivity index (χ0v) is 10.00. The third kappa shape index (κ3) is 1.94. The van der Waals surface area contributed by atoms with Crippen molar-refractivity contribution in [2.45, 2.75) is 18.6 Å². The lowest BCUT2D eigenvalue weighted by Gasteiger charge is -2.24. The molecule has 0 aromatic heterocycles. The smallest absolute Gasteiger partial charge is 0.166 e. The van der Waals surface area contributed by atoms with Crippen LogP contribution in [0.15, 0.2) is 42.5 Å². The SMILES string of the molecule is Fc1cccc(-c2ccc(C3BCC3)cc2)c1F. The average Bonchev–Trinajstić information content (AvgIpc) is 2.32. The highest BCUT2D eigenvalue weighted by Crippen LogP contribution is 2.32. The van der Waals surface area contributed by atoms with Gasteiger partial charge in [-0.25, -0.2) is 8.78 Å². The molecule has 0 amide bonds. The molecule has 2 aromatic carbocycles. The maximum atomic E-state index is 13.6. The summed E-state index contributed by atoms with van der Waals surface area (Å²) in [5.41, 5.74) is 2.37. The van der Waals surface area contributed by atoms with Gasteiger partial charge in [0, 0.05) is 5.56 Å². The molecule has 0 radical (unpaired) electrons. The Balaban J connectivity index is 1.94. The number of halogens is 2. The second kappa shape index (κ2) is 4.56. The van der Waals surface area contributed by atoms with Crippen LogP contribution in [0.1, 0.15) is 17.8 Å². The molecular weight excluding hydrogens is 229 g/mol. The molecule has 18 heavy (non-hydrogen) atoms. The number of rotatable bonds is 2. The molecule has 1 saturated heterocycles. The van der Waals surface area contributed by atoms with Gasteiger partial charge in [0.1, 0.15) is 7.28 Å². The first-order valence-corrected chi connectivity index (χ1v) is 6.30. The quantitative estimate of drug-likeness (QED) is 0.700. The highest BCUT2D eigenvalue weighted by Gasteiger charge is 2.20. The monoisotopic (exact) mass is 242 g/mol. The average molecular weight is 242 g/mol. The topological polar surface area (TPSA) is 0 Å². The third-order valence-electron chi connectivity index (χ3n) is 3.75. The van der Waals surface area contributed by atoms with E-state index in [1.54, 1.807) is 6.07 Å². The minimum atomic E-state index is -0.796. The predicted molar refractivity (Wildman–Crippen MR) is 71.1 cm³/mol. The molecule has 3 heteroatoms. The zero-order chi connectivity index (χ0) is 12.5. The summed E-state index contributed by atoms with van der Waals surface area (Å²) in [5, 5.41) is 0. The molecule has 3 rings (SSSR count). The first kappa shape index (κ1) is 11.5. The van der Waals surface area contributed by atoms with E-state index < -0.39 is 11.6 Å². The second-order valence-electron chi connectivity index (χ2n) is 4.85. The maximum absolute atomic E-state index is 13.6. The molecule has 2 aromatic rings. The minimum absolute atomic E-state index is 0.329. The molecule has 1 aliphatic rings. The van der Waals surface area contributed by atoms with Crippen LogP contribution < -0.4 is 0 Å². The van der Waals surface area contributed by atoms with E-state index in [0.29, 0.717) is 11.4 Å². The van der Waals surface area contributed by atoms with Gasteiger partial charge in [0.15, 0.2) is 11.6 Å². The van der Waals surface area contributed by atoms with Gasteiger partial charge < -0.3 is 0 Å². The summed E-state index contributed by atoms with van der Waals surface area (Å²) in [6.07, 6.45) is 2.54. The van der Waals surface area contributed by atoms with E-state index in [4.69, 9.17) is 0 Å². The van der Waals surface area contributed by atoms with Crippen molar-refractivity contribution < 1.29 is 8.78 Å². The van der Waals surface area contributed by atoms with E-state index in [2.05, 4.69) is 0 Å². The van der Waals surface area contributed by atoms with Gasteiger partial charge in [-0.1, -0.05) is 54.7 Å². The van der Waals surface area contributed by atoms with Crippen molar-refractivity contribution in [3.05, 3.63) is 59.7 Å². The van der Waals surface area contributed by atoms with Crippen LogP contribution in [0.2, 0.25) is 6.32 Å². The lowest BCUT2D eigenvalue weighted by Crippen LogP contribution is -2.18. The first-order chi connectivity index (χ1) is 8.75. The van der Waals surface area contributed by atoms with Crippen molar-refractivity contribution in [2.24, 2.45) is 0 Å². The van der Waals surface area contributed by atoms with Crippen LogP contribution in [0.25, 0.3) is 11.1 Å². The fourth-order valence-electron chi connectivity index (χ4n) is 2.40. The molecule has 0 spiro atoms. The fraction of sp³-hybridized carbons (Fsp3) is 0.200. The predicted octanol–water partition coefficient (Wildman–Crippen LogP) is 3.93.